The maximum absolute atomic E-state index is 9.52. The van der Waals surface area contributed by atoms with E-state index in [0.717, 1.165) is 18.4 Å². The SMILES string of the molecule is OC1(O)CCC[C@@H](OCc2ccccc2)C1. The van der Waals surface area contributed by atoms with Crippen LogP contribution in [0, 0.1) is 0 Å². The second-order valence-electron chi connectivity index (χ2n) is 4.50. The maximum Gasteiger partial charge on any atom is 0.164 e. The van der Waals surface area contributed by atoms with E-state index in [2.05, 4.69) is 0 Å². The van der Waals surface area contributed by atoms with Gasteiger partial charge in [0.2, 0.25) is 0 Å². The van der Waals surface area contributed by atoms with Gasteiger partial charge in [-0.2, -0.15) is 0 Å². The molecule has 0 radical (unpaired) electrons. The largest absolute Gasteiger partial charge is 0.373 e. The van der Waals surface area contributed by atoms with E-state index in [1.54, 1.807) is 0 Å². The Morgan fingerprint density at radius 2 is 2.00 bits per heavy atom. The van der Waals surface area contributed by atoms with Crippen LogP contribution in [0.15, 0.2) is 30.3 Å². The third kappa shape index (κ3) is 3.30. The first-order valence-electron chi connectivity index (χ1n) is 5.76. The van der Waals surface area contributed by atoms with Gasteiger partial charge >= 0.3 is 0 Å². The lowest BCUT2D eigenvalue weighted by Crippen LogP contribution is -2.38. The molecule has 1 saturated carbocycles. The number of benzene rings is 1. The van der Waals surface area contributed by atoms with E-state index >= 15 is 0 Å². The lowest BCUT2D eigenvalue weighted by atomic mass is 9.92. The van der Waals surface area contributed by atoms with Crippen LogP contribution in [0.4, 0.5) is 0 Å². The summed E-state index contributed by atoms with van der Waals surface area (Å²) in [5.74, 6) is -1.53. The topological polar surface area (TPSA) is 49.7 Å². The molecule has 1 aliphatic carbocycles. The molecule has 0 saturated heterocycles. The van der Waals surface area contributed by atoms with Crippen molar-refractivity contribution in [1.82, 2.24) is 0 Å². The van der Waals surface area contributed by atoms with Crippen LogP contribution in [0.1, 0.15) is 31.2 Å². The zero-order valence-corrected chi connectivity index (χ0v) is 9.30. The Balaban J connectivity index is 1.82. The fourth-order valence-electron chi connectivity index (χ4n) is 2.11. The number of rotatable bonds is 3. The van der Waals surface area contributed by atoms with Gasteiger partial charge in [-0.3, -0.25) is 0 Å². The van der Waals surface area contributed by atoms with Crippen LogP contribution in [0.2, 0.25) is 0 Å². The Bertz CT molecular complexity index is 321. The van der Waals surface area contributed by atoms with Crippen molar-refractivity contribution in [2.45, 2.75) is 44.2 Å². The summed E-state index contributed by atoms with van der Waals surface area (Å²) in [5, 5.41) is 19.0. The second kappa shape index (κ2) is 4.95. The first kappa shape index (κ1) is 11.6. The number of aliphatic hydroxyl groups is 2. The van der Waals surface area contributed by atoms with Gasteiger partial charge in [0.05, 0.1) is 12.7 Å². The minimum atomic E-state index is -1.53. The van der Waals surface area contributed by atoms with Crippen LogP contribution in [-0.2, 0) is 11.3 Å². The molecular formula is C13H18O3. The van der Waals surface area contributed by atoms with E-state index in [-0.39, 0.29) is 6.10 Å². The quantitative estimate of drug-likeness (QED) is 0.767. The molecule has 1 atom stereocenters. The van der Waals surface area contributed by atoms with Gasteiger partial charge in [0, 0.05) is 12.8 Å². The summed E-state index contributed by atoms with van der Waals surface area (Å²) in [6.07, 6.45) is 2.46. The van der Waals surface area contributed by atoms with E-state index in [0.29, 0.717) is 19.4 Å². The van der Waals surface area contributed by atoms with Crippen molar-refractivity contribution in [2.24, 2.45) is 0 Å². The molecule has 1 aliphatic rings. The Hall–Kier alpha value is -0.900. The molecule has 0 heterocycles. The predicted molar refractivity (Wildman–Crippen MR) is 60.7 cm³/mol. The molecule has 0 spiro atoms. The molecule has 1 aromatic carbocycles. The summed E-state index contributed by atoms with van der Waals surface area (Å²) in [4.78, 5) is 0. The van der Waals surface area contributed by atoms with Crippen molar-refractivity contribution >= 4 is 0 Å². The molecule has 1 fully saturated rings. The highest BCUT2D eigenvalue weighted by molar-refractivity contribution is 5.13. The Morgan fingerprint density at radius 1 is 1.25 bits per heavy atom. The van der Waals surface area contributed by atoms with E-state index < -0.39 is 5.79 Å². The van der Waals surface area contributed by atoms with Crippen LogP contribution in [-0.4, -0.2) is 22.1 Å². The highest BCUT2D eigenvalue weighted by Crippen LogP contribution is 2.28. The zero-order valence-electron chi connectivity index (χ0n) is 9.30. The Morgan fingerprint density at radius 3 is 2.69 bits per heavy atom. The molecule has 2 rings (SSSR count). The number of ether oxygens (including phenoxy) is 1. The molecule has 0 aromatic heterocycles. The van der Waals surface area contributed by atoms with Gasteiger partial charge in [0.25, 0.3) is 0 Å². The summed E-state index contributed by atoms with van der Waals surface area (Å²) in [7, 11) is 0. The summed E-state index contributed by atoms with van der Waals surface area (Å²) >= 11 is 0. The normalized spacial score (nSPS) is 24.2. The van der Waals surface area contributed by atoms with Crippen molar-refractivity contribution in [3.05, 3.63) is 35.9 Å². The first-order valence-corrected chi connectivity index (χ1v) is 5.76. The van der Waals surface area contributed by atoms with Crippen molar-refractivity contribution in [1.29, 1.82) is 0 Å². The predicted octanol–water partition coefficient (Wildman–Crippen LogP) is 1.83. The number of hydrogen-bond donors (Lipinski definition) is 2. The summed E-state index contributed by atoms with van der Waals surface area (Å²) in [6.45, 7) is 0.543. The molecule has 16 heavy (non-hydrogen) atoms. The lowest BCUT2D eigenvalue weighted by molar-refractivity contribution is -0.206. The van der Waals surface area contributed by atoms with Gasteiger partial charge in [0.15, 0.2) is 5.79 Å². The molecule has 0 aliphatic heterocycles. The van der Waals surface area contributed by atoms with E-state index in [1.807, 2.05) is 30.3 Å². The smallest absolute Gasteiger partial charge is 0.164 e. The molecule has 88 valence electrons. The highest BCUT2D eigenvalue weighted by atomic mass is 16.5. The minimum absolute atomic E-state index is 0.0380. The van der Waals surface area contributed by atoms with Gasteiger partial charge in [-0.1, -0.05) is 30.3 Å². The summed E-state index contributed by atoms with van der Waals surface area (Å²) < 4.78 is 5.68. The molecule has 0 unspecified atom stereocenters. The van der Waals surface area contributed by atoms with E-state index in [4.69, 9.17) is 4.74 Å². The molecule has 3 nitrogen and oxygen atoms in total. The van der Waals surface area contributed by atoms with Crippen LogP contribution in [0.3, 0.4) is 0 Å². The third-order valence-electron chi connectivity index (χ3n) is 2.99. The monoisotopic (exact) mass is 222 g/mol. The maximum atomic E-state index is 9.52. The summed E-state index contributed by atoms with van der Waals surface area (Å²) in [6, 6.07) is 9.93. The van der Waals surface area contributed by atoms with Gasteiger partial charge in [-0.25, -0.2) is 0 Å². The van der Waals surface area contributed by atoms with Gasteiger partial charge in [0.1, 0.15) is 0 Å². The van der Waals surface area contributed by atoms with Crippen molar-refractivity contribution in [2.75, 3.05) is 0 Å². The zero-order chi connectivity index (χ0) is 11.4. The molecular weight excluding hydrogens is 204 g/mol. The fraction of sp³-hybridized carbons (Fsp3) is 0.538. The van der Waals surface area contributed by atoms with Gasteiger partial charge in [-0.05, 0) is 18.4 Å². The summed E-state index contributed by atoms with van der Waals surface area (Å²) in [5.41, 5.74) is 1.12. The van der Waals surface area contributed by atoms with Crippen LogP contribution >= 0.6 is 0 Å². The van der Waals surface area contributed by atoms with Crippen LogP contribution < -0.4 is 0 Å². The van der Waals surface area contributed by atoms with E-state index in [1.165, 1.54) is 0 Å². The van der Waals surface area contributed by atoms with Gasteiger partial charge < -0.3 is 14.9 Å². The molecule has 3 heteroatoms. The standard InChI is InChI=1S/C13H18O3/c14-13(15)8-4-7-12(9-13)16-10-11-5-2-1-3-6-11/h1-3,5-6,12,14-15H,4,7-10H2/t12-/m1/s1. The third-order valence-corrected chi connectivity index (χ3v) is 2.99. The Labute approximate surface area is 95.7 Å². The van der Waals surface area contributed by atoms with Crippen molar-refractivity contribution in [3.8, 4) is 0 Å². The van der Waals surface area contributed by atoms with Crippen molar-refractivity contribution < 1.29 is 14.9 Å². The molecule has 1 aromatic rings. The van der Waals surface area contributed by atoms with E-state index in [9.17, 15) is 10.2 Å². The lowest BCUT2D eigenvalue weighted by Gasteiger charge is -2.32. The van der Waals surface area contributed by atoms with Crippen LogP contribution in [0.5, 0.6) is 0 Å². The first-order chi connectivity index (χ1) is 7.66. The Kier molecular flexibility index (Phi) is 3.59. The van der Waals surface area contributed by atoms with Crippen LogP contribution in [0.25, 0.3) is 0 Å². The second-order valence-corrected chi connectivity index (χ2v) is 4.50. The minimum Gasteiger partial charge on any atom is -0.373 e. The average molecular weight is 222 g/mol. The molecule has 2 N–H and O–H groups in total. The highest BCUT2D eigenvalue weighted by Gasteiger charge is 2.32. The molecule has 0 amide bonds. The van der Waals surface area contributed by atoms with Gasteiger partial charge in [-0.15, -0.1) is 0 Å². The molecule has 0 bridgehead atoms. The van der Waals surface area contributed by atoms with Crippen molar-refractivity contribution in [3.63, 3.8) is 0 Å². The fourth-order valence-corrected chi connectivity index (χ4v) is 2.11. The average Bonchev–Trinajstić information content (AvgIpc) is 2.27. The number of hydrogen-bond acceptors (Lipinski definition) is 3.